The largest absolute Gasteiger partial charge is 0.309 e. The summed E-state index contributed by atoms with van der Waals surface area (Å²) in [4.78, 5) is 0. The van der Waals surface area contributed by atoms with Gasteiger partial charge in [0.2, 0.25) is 0 Å². The molecule has 10 aromatic carbocycles. The van der Waals surface area contributed by atoms with Gasteiger partial charge < -0.3 is 13.7 Å². The maximum atomic E-state index is 2.52. The maximum absolute atomic E-state index is 2.52. The second kappa shape index (κ2) is 13.8. The van der Waals surface area contributed by atoms with Crippen molar-refractivity contribution >= 4 is 65.4 Å². The summed E-state index contributed by atoms with van der Waals surface area (Å²) in [7, 11) is 0. The fraction of sp³-hybridized carbons (Fsp3) is 0.0476. The Morgan fingerprint density at radius 3 is 1.15 bits per heavy atom. The van der Waals surface area contributed by atoms with Crippen molar-refractivity contribution in [3.63, 3.8) is 0 Å². The lowest BCUT2D eigenvalue weighted by Gasteiger charge is -2.22. The van der Waals surface area contributed by atoms with Crippen LogP contribution in [0.4, 0.5) is 0 Å². The highest BCUT2D eigenvalue weighted by molar-refractivity contribution is 6.16. The number of fused-ring (bicyclic) bond motifs is 12. The first kappa shape index (κ1) is 37.0. The number of aromatic nitrogens is 3. The minimum absolute atomic E-state index is 0.260. The van der Waals surface area contributed by atoms with Crippen molar-refractivity contribution in [2.75, 3.05) is 0 Å². The topological polar surface area (TPSA) is 14.8 Å². The first-order valence-electron chi connectivity index (χ1n) is 23.0. The van der Waals surface area contributed by atoms with Gasteiger partial charge in [-0.1, -0.05) is 141 Å². The third-order valence-electron chi connectivity index (χ3n) is 14.6. The number of para-hydroxylation sites is 3. The molecule has 1 aliphatic carbocycles. The second-order valence-electron chi connectivity index (χ2n) is 18.5. The lowest BCUT2D eigenvalue weighted by atomic mass is 9.82. The summed E-state index contributed by atoms with van der Waals surface area (Å²) in [6.07, 6.45) is 0. The number of rotatable bonds is 5. The van der Waals surface area contributed by atoms with E-state index in [1.807, 2.05) is 0 Å². The average Bonchev–Trinajstić information content (AvgIpc) is 4.06. The molecule has 3 heteroatoms. The van der Waals surface area contributed by atoms with E-state index in [9.17, 15) is 0 Å². The van der Waals surface area contributed by atoms with E-state index in [1.54, 1.807) is 0 Å². The Hall–Kier alpha value is -8.40. The van der Waals surface area contributed by atoms with Crippen LogP contribution < -0.4 is 0 Å². The lowest BCUT2D eigenvalue weighted by molar-refractivity contribution is 0.661. The summed E-state index contributed by atoms with van der Waals surface area (Å²) in [6, 6.07) is 83.1. The normalized spacial score (nSPS) is 13.1. The highest BCUT2D eigenvalue weighted by atomic mass is 15.0. The van der Waals surface area contributed by atoms with Crippen LogP contribution in [-0.4, -0.2) is 13.7 Å². The molecular formula is C63H43N3. The van der Waals surface area contributed by atoms with E-state index in [1.165, 1.54) is 116 Å². The Morgan fingerprint density at radius 1 is 0.258 bits per heavy atom. The smallest absolute Gasteiger partial charge is 0.0544 e. The van der Waals surface area contributed by atoms with E-state index in [-0.39, 0.29) is 5.41 Å². The van der Waals surface area contributed by atoms with Crippen LogP contribution in [-0.2, 0) is 5.41 Å². The van der Waals surface area contributed by atoms with Crippen LogP contribution in [0.2, 0.25) is 0 Å². The number of nitrogens with zero attached hydrogens (tertiary/aromatic N) is 3. The van der Waals surface area contributed by atoms with Gasteiger partial charge >= 0.3 is 0 Å². The molecule has 1 aliphatic rings. The molecule has 3 nitrogen and oxygen atoms in total. The third-order valence-corrected chi connectivity index (χ3v) is 14.6. The van der Waals surface area contributed by atoms with Crippen LogP contribution >= 0.6 is 0 Å². The van der Waals surface area contributed by atoms with E-state index in [0.717, 1.165) is 11.4 Å². The highest BCUT2D eigenvalue weighted by Crippen LogP contribution is 2.53. The Labute approximate surface area is 382 Å². The summed E-state index contributed by atoms with van der Waals surface area (Å²) in [5.74, 6) is 0. The Morgan fingerprint density at radius 2 is 0.636 bits per heavy atom. The van der Waals surface area contributed by atoms with Gasteiger partial charge in [0.1, 0.15) is 0 Å². The minimum atomic E-state index is -0.260. The van der Waals surface area contributed by atoms with Crippen molar-refractivity contribution in [2.45, 2.75) is 19.3 Å². The number of hydrogen-bond donors (Lipinski definition) is 0. The third kappa shape index (κ3) is 5.26. The summed E-state index contributed by atoms with van der Waals surface area (Å²) in [5, 5.41) is 7.53. The molecule has 0 saturated heterocycles. The quantitative estimate of drug-likeness (QED) is 0.164. The predicted octanol–water partition coefficient (Wildman–Crippen LogP) is 16.6. The van der Waals surface area contributed by atoms with E-state index in [2.05, 4.69) is 252 Å². The van der Waals surface area contributed by atoms with Crippen LogP contribution in [0.3, 0.4) is 0 Å². The molecule has 0 bridgehead atoms. The summed E-state index contributed by atoms with van der Waals surface area (Å²) in [6.45, 7) is 4.84. The van der Waals surface area contributed by atoms with Crippen molar-refractivity contribution < 1.29 is 0 Å². The van der Waals surface area contributed by atoms with Crippen molar-refractivity contribution in [1.29, 1.82) is 0 Å². The zero-order valence-electron chi connectivity index (χ0n) is 36.7. The molecule has 0 radical (unpaired) electrons. The summed E-state index contributed by atoms with van der Waals surface area (Å²) >= 11 is 0. The molecule has 0 N–H and O–H groups in total. The van der Waals surface area contributed by atoms with Gasteiger partial charge in [0.25, 0.3) is 0 Å². The molecule has 310 valence electrons. The molecule has 14 rings (SSSR count). The SMILES string of the molecule is CC1(C)c2cc3c(cc2-c2cc4c5cc(-c6ccccc6)ccc5n(-c5ccc6c(c5)c5ccccc5n6-c5ccccc5)c4cc21)c1cc(-c2ccccc2)ccc1n3-c1ccccc1. The van der Waals surface area contributed by atoms with Gasteiger partial charge in [-0.25, -0.2) is 0 Å². The van der Waals surface area contributed by atoms with Gasteiger partial charge in [-0.2, -0.15) is 0 Å². The van der Waals surface area contributed by atoms with Gasteiger partial charge in [-0.3, -0.25) is 0 Å². The maximum Gasteiger partial charge on any atom is 0.0544 e. The molecule has 3 aromatic heterocycles. The minimum Gasteiger partial charge on any atom is -0.309 e. The van der Waals surface area contributed by atoms with Crippen LogP contribution in [0.5, 0.6) is 0 Å². The highest BCUT2D eigenvalue weighted by Gasteiger charge is 2.38. The zero-order valence-corrected chi connectivity index (χ0v) is 36.7. The molecule has 3 heterocycles. The van der Waals surface area contributed by atoms with Crippen molar-refractivity contribution in [2.24, 2.45) is 0 Å². The zero-order chi connectivity index (χ0) is 43.7. The Balaban J connectivity index is 1.04. The molecule has 0 unspecified atom stereocenters. The summed E-state index contributed by atoms with van der Waals surface area (Å²) < 4.78 is 7.38. The number of benzene rings is 10. The van der Waals surface area contributed by atoms with Crippen molar-refractivity contribution in [3.8, 4) is 50.4 Å². The average molecular weight is 842 g/mol. The van der Waals surface area contributed by atoms with Gasteiger partial charge in [-0.15, -0.1) is 0 Å². The molecular weight excluding hydrogens is 799 g/mol. The molecule has 0 amide bonds. The fourth-order valence-electron chi connectivity index (χ4n) is 11.5. The van der Waals surface area contributed by atoms with E-state index >= 15 is 0 Å². The Kier molecular flexibility index (Phi) is 7.74. The molecule has 13 aromatic rings. The molecule has 0 aliphatic heterocycles. The van der Waals surface area contributed by atoms with Crippen molar-refractivity contribution in [3.05, 3.63) is 236 Å². The molecule has 0 saturated carbocycles. The van der Waals surface area contributed by atoms with Gasteiger partial charge in [0.05, 0.1) is 33.1 Å². The van der Waals surface area contributed by atoms with Gasteiger partial charge in [0.15, 0.2) is 0 Å². The van der Waals surface area contributed by atoms with E-state index in [0.29, 0.717) is 0 Å². The van der Waals surface area contributed by atoms with Crippen LogP contribution in [0.1, 0.15) is 25.0 Å². The summed E-state index contributed by atoms with van der Waals surface area (Å²) in [5.41, 5.74) is 20.7. The monoisotopic (exact) mass is 841 g/mol. The van der Waals surface area contributed by atoms with Gasteiger partial charge in [0, 0.05) is 54.8 Å². The molecule has 0 spiro atoms. The second-order valence-corrected chi connectivity index (χ2v) is 18.5. The molecule has 0 fully saturated rings. The first-order valence-corrected chi connectivity index (χ1v) is 23.0. The predicted molar refractivity (Wildman–Crippen MR) is 278 cm³/mol. The fourth-order valence-corrected chi connectivity index (χ4v) is 11.5. The molecule has 66 heavy (non-hydrogen) atoms. The van der Waals surface area contributed by atoms with Gasteiger partial charge in [-0.05, 0) is 142 Å². The van der Waals surface area contributed by atoms with E-state index in [4.69, 9.17) is 0 Å². The first-order chi connectivity index (χ1) is 32.5. The number of hydrogen-bond acceptors (Lipinski definition) is 0. The Bertz CT molecular complexity index is 4090. The van der Waals surface area contributed by atoms with E-state index < -0.39 is 0 Å². The molecule has 0 atom stereocenters. The van der Waals surface area contributed by atoms with Crippen molar-refractivity contribution in [1.82, 2.24) is 13.7 Å². The van der Waals surface area contributed by atoms with Crippen LogP contribution in [0.25, 0.3) is 116 Å². The van der Waals surface area contributed by atoms with Crippen LogP contribution in [0, 0.1) is 0 Å². The standard InChI is InChI=1S/C63H43N3/c1-63(2)55-38-61-53(50-33-42(40-17-7-3-8-18-40)27-30-58(50)65(61)45-23-13-6-14-24-45)36-48(55)49-37-54-51-34-43(41-19-9-4-10-20-41)28-31-59(51)66(62(54)39-56(49)63)46-29-32-60-52(35-46)47-25-15-16-26-57(47)64(60)44-21-11-5-12-22-44/h3-39H,1-2H3. The van der Waals surface area contributed by atoms with Crippen LogP contribution in [0.15, 0.2) is 224 Å². The lowest BCUT2D eigenvalue weighted by Crippen LogP contribution is -2.15.